The van der Waals surface area contributed by atoms with Gasteiger partial charge in [0.1, 0.15) is 11.5 Å². The topological polar surface area (TPSA) is 81.9 Å². The highest BCUT2D eigenvalue weighted by molar-refractivity contribution is 5.95. The third-order valence-electron chi connectivity index (χ3n) is 8.24. The third kappa shape index (κ3) is 4.11. The van der Waals surface area contributed by atoms with Crippen molar-refractivity contribution < 1.29 is 9.53 Å². The van der Waals surface area contributed by atoms with Crippen molar-refractivity contribution in [2.24, 2.45) is 0 Å². The molecule has 1 saturated carbocycles. The van der Waals surface area contributed by atoms with Crippen LogP contribution in [0, 0.1) is 6.92 Å². The summed E-state index contributed by atoms with van der Waals surface area (Å²) in [7, 11) is 0. The van der Waals surface area contributed by atoms with Crippen LogP contribution in [0.2, 0.25) is 0 Å². The summed E-state index contributed by atoms with van der Waals surface area (Å²) in [4.78, 5) is 27.4. The molecule has 192 valence electrons. The smallest absolute Gasteiger partial charge is 0.251 e. The van der Waals surface area contributed by atoms with E-state index in [4.69, 9.17) is 14.7 Å². The first-order chi connectivity index (χ1) is 18.6. The Hall–Kier alpha value is -3.84. The van der Waals surface area contributed by atoms with Gasteiger partial charge in [-0.05, 0) is 75.4 Å². The minimum Gasteiger partial charge on any atom is -0.381 e. The van der Waals surface area contributed by atoms with E-state index in [1.807, 2.05) is 43.5 Å². The monoisotopic (exact) mass is 505 g/mol. The highest BCUT2D eigenvalue weighted by atomic mass is 16.5. The van der Waals surface area contributed by atoms with E-state index in [0.717, 1.165) is 52.4 Å². The molecule has 7 heteroatoms. The van der Waals surface area contributed by atoms with Gasteiger partial charge in [-0.1, -0.05) is 18.2 Å². The van der Waals surface area contributed by atoms with Crippen LogP contribution >= 0.6 is 0 Å². The number of nitrogens with zero attached hydrogens (tertiary/aromatic N) is 4. The van der Waals surface area contributed by atoms with E-state index in [1.165, 1.54) is 25.1 Å². The number of aryl methyl sites for hydroxylation is 1. The van der Waals surface area contributed by atoms with Crippen LogP contribution in [0.25, 0.3) is 33.9 Å². The maximum atomic E-state index is 12.8. The predicted octanol–water partition coefficient (Wildman–Crippen LogP) is 5.71. The van der Waals surface area contributed by atoms with Crippen molar-refractivity contribution in [1.29, 1.82) is 0 Å². The first-order valence-corrected chi connectivity index (χ1v) is 13.7. The summed E-state index contributed by atoms with van der Waals surface area (Å²) in [6.45, 7) is 3.43. The summed E-state index contributed by atoms with van der Waals surface area (Å²) in [5, 5.41) is 3.13. The number of benzene rings is 1. The summed E-state index contributed by atoms with van der Waals surface area (Å²) < 4.78 is 7.87. The quantitative estimate of drug-likeness (QED) is 0.376. The molecule has 5 heterocycles. The lowest BCUT2D eigenvalue weighted by Crippen LogP contribution is -2.38. The first kappa shape index (κ1) is 23.3. The molecule has 0 spiro atoms. The van der Waals surface area contributed by atoms with Gasteiger partial charge in [-0.15, -0.1) is 0 Å². The number of amides is 1. The molecule has 2 bridgehead atoms. The van der Waals surface area contributed by atoms with Gasteiger partial charge in [0.25, 0.3) is 5.91 Å². The lowest BCUT2D eigenvalue weighted by molar-refractivity contribution is 0.0696. The Labute approximate surface area is 222 Å². The molecule has 3 aliphatic rings. The average molecular weight is 506 g/mol. The number of rotatable bonds is 5. The second kappa shape index (κ2) is 9.48. The zero-order valence-electron chi connectivity index (χ0n) is 21.6. The van der Waals surface area contributed by atoms with Gasteiger partial charge in [0.15, 0.2) is 0 Å². The summed E-state index contributed by atoms with van der Waals surface area (Å²) >= 11 is 0. The van der Waals surface area contributed by atoms with Crippen molar-refractivity contribution in [2.75, 3.05) is 13.2 Å². The number of imidazole rings is 1. The second-order valence-corrected chi connectivity index (χ2v) is 10.7. The van der Waals surface area contributed by atoms with Crippen LogP contribution in [-0.2, 0) is 4.74 Å². The molecule has 1 aromatic carbocycles. The average Bonchev–Trinajstić information content (AvgIpc) is 3.67. The second-order valence-electron chi connectivity index (χ2n) is 10.7. The minimum absolute atomic E-state index is 0.0367. The molecule has 0 radical (unpaired) electrons. The fraction of sp³-hybridized carbons (Fsp3) is 0.355. The van der Waals surface area contributed by atoms with Gasteiger partial charge < -0.3 is 14.6 Å². The Morgan fingerprint density at radius 3 is 2.61 bits per heavy atom. The van der Waals surface area contributed by atoms with Crippen LogP contribution in [0.3, 0.4) is 0 Å². The van der Waals surface area contributed by atoms with Crippen molar-refractivity contribution in [2.45, 2.75) is 57.0 Å². The molecule has 7 nitrogen and oxygen atoms in total. The van der Waals surface area contributed by atoms with Crippen LogP contribution in [0.1, 0.15) is 65.9 Å². The highest BCUT2D eigenvalue weighted by Crippen LogP contribution is 2.52. The van der Waals surface area contributed by atoms with Gasteiger partial charge in [0, 0.05) is 59.8 Å². The molecule has 1 N–H and O–H groups in total. The van der Waals surface area contributed by atoms with Crippen molar-refractivity contribution >= 4 is 5.91 Å². The van der Waals surface area contributed by atoms with Crippen LogP contribution in [0.5, 0.6) is 0 Å². The Kier molecular flexibility index (Phi) is 5.81. The number of nitrogens with one attached hydrogen (secondary N) is 1. The van der Waals surface area contributed by atoms with Crippen molar-refractivity contribution in [3.63, 3.8) is 0 Å². The number of fused-ring (bicyclic) bond motifs is 5. The lowest BCUT2D eigenvalue weighted by Gasteiger charge is -2.23. The standard InChI is InChI=1S/C31H31N5O2/c1-19-3-2-4-26(33-19)28-29(36-25-10-9-23(17-25)30(36)35-28)22-11-14-32-27(18-22)20-5-7-21(8-6-20)31(37)34-24-12-15-38-16-13-24/h2-8,11,14,18,23-25H,9-10,12-13,15-17H2,1H3,(H,34,37)/t23-,25+/m0/s1. The lowest BCUT2D eigenvalue weighted by atomic mass is 10.0. The third-order valence-corrected chi connectivity index (χ3v) is 8.24. The Morgan fingerprint density at radius 2 is 1.79 bits per heavy atom. The normalized spacial score (nSPS) is 20.4. The molecule has 0 unspecified atom stereocenters. The Balaban J connectivity index is 1.22. The van der Waals surface area contributed by atoms with Gasteiger partial charge >= 0.3 is 0 Å². The van der Waals surface area contributed by atoms with Crippen LogP contribution in [0.4, 0.5) is 0 Å². The number of ether oxygens (including phenoxy) is 1. The van der Waals surface area contributed by atoms with Crippen molar-refractivity contribution in [3.8, 4) is 33.9 Å². The SMILES string of the molecule is Cc1cccc(-c2nc3n(c2-c2ccnc(-c4ccc(C(=O)NC5CCOCC5)cc4)c2)[C@@H]2CC[C@H]3C2)n1. The fourth-order valence-corrected chi connectivity index (χ4v) is 6.30. The molecule has 1 aliphatic carbocycles. The zero-order chi connectivity index (χ0) is 25.6. The number of aromatic nitrogens is 4. The van der Waals surface area contributed by atoms with E-state index in [2.05, 4.69) is 39.1 Å². The molecule has 4 aromatic rings. The summed E-state index contributed by atoms with van der Waals surface area (Å²) in [6, 6.07) is 18.8. The maximum absolute atomic E-state index is 12.8. The maximum Gasteiger partial charge on any atom is 0.251 e. The Morgan fingerprint density at radius 1 is 0.947 bits per heavy atom. The van der Waals surface area contributed by atoms with Gasteiger partial charge in [-0.25, -0.2) is 4.98 Å². The zero-order valence-corrected chi connectivity index (χ0v) is 21.6. The van der Waals surface area contributed by atoms with E-state index in [-0.39, 0.29) is 11.9 Å². The number of carbonyl (C=O) groups excluding carboxylic acids is 1. The molecule has 2 atom stereocenters. The number of carbonyl (C=O) groups is 1. The number of hydrogen-bond donors (Lipinski definition) is 1. The summed E-state index contributed by atoms with van der Waals surface area (Å²) in [6.07, 6.45) is 7.21. The van der Waals surface area contributed by atoms with E-state index in [9.17, 15) is 4.79 Å². The molecular weight excluding hydrogens is 474 g/mol. The molecule has 2 aliphatic heterocycles. The number of pyridine rings is 2. The largest absolute Gasteiger partial charge is 0.381 e. The molecular formula is C31H31N5O2. The number of hydrogen-bond acceptors (Lipinski definition) is 5. The predicted molar refractivity (Wildman–Crippen MR) is 146 cm³/mol. The molecule has 38 heavy (non-hydrogen) atoms. The highest BCUT2D eigenvalue weighted by Gasteiger charge is 2.41. The fourth-order valence-electron chi connectivity index (χ4n) is 6.30. The van der Waals surface area contributed by atoms with Crippen molar-refractivity contribution in [3.05, 3.63) is 77.9 Å². The minimum atomic E-state index is -0.0367. The van der Waals surface area contributed by atoms with Gasteiger partial charge in [0.05, 0.1) is 17.1 Å². The molecule has 2 fully saturated rings. The van der Waals surface area contributed by atoms with Gasteiger partial charge in [0.2, 0.25) is 0 Å². The van der Waals surface area contributed by atoms with Crippen LogP contribution in [-0.4, -0.2) is 44.7 Å². The van der Waals surface area contributed by atoms with E-state index < -0.39 is 0 Å². The Bertz CT molecular complexity index is 1500. The van der Waals surface area contributed by atoms with E-state index in [1.54, 1.807) is 0 Å². The first-order valence-electron chi connectivity index (χ1n) is 13.7. The molecule has 7 rings (SSSR count). The molecule has 1 saturated heterocycles. The van der Waals surface area contributed by atoms with Crippen molar-refractivity contribution in [1.82, 2.24) is 24.8 Å². The van der Waals surface area contributed by atoms with E-state index >= 15 is 0 Å². The van der Waals surface area contributed by atoms with Gasteiger partial charge in [-0.3, -0.25) is 14.8 Å². The molecule has 1 amide bonds. The van der Waals surface area contributed by atoms with E-state index in [0.29, 0.717) is 30.7 Å². The summed E-state index contributed by atoms with van der Waals surface area (Å²) in [5.74, 6) is 1.71. The van der Waals surface area contributed by atoms with Crippen LogP contribution < -0.4 is 5.32 Å². The summed E-state index contributed by atoms with van der Waals surface area (Å²) in [5.41, 5.74) is 7.61. The molecule has 3 aromatic heterocycles. The van der Waals surface area contributed by atoms with Crippen LogP contribution in [0.15, 0.2) is 60.8 Å². The van der Waals surface area contributed by atoms with Gasteiger partial charge in [-0.2, -0.15) is 0 Å².